The van der Waals surface area contributed by atoms with Gasteiger partial charge in [-0.1, -0.05) is 25.5 Å². The van der Waals surface area contributed by atoms with Crippen molar-refractivity contribution < 1.29 is 13.2 Å². The van der Waals surface area contributed by atoms with Crippen molar-refractivity contribution in [3.05, 3.63) is 58.7 Å². The minimum absolute atomic E-state index is 0.364. The van der Waals surface area contributed by atoms with Crippen molar-refractivity contribution in [3.63, 3.8) is 0 Å². The van der Waals surface area contributed by atoms with Crippen LogP contribution in [0.1, 0.15) is 39.5 Å². The smallest absolute Gasteiger partial charge is 0.243 e. The number of nitrogens with zero attached hydrogens (tertiary/aromatic N) is 3. The lowest BCUT2D eigenvalue weighted by molar-refractivity contribution is 0.340. The van der Waals surface area contributed by atoms with Crippen LogP contribution in [0.5, 0.6) is 5.75 Å². The van der Waals surface area contributed by atoms with Crippen LogP contribution in [-0.2, 0) is 16.6 Å². The van der Waals surface area contributed by atoms with E-state index in [0.29, 0.717) is 24.6 Å². The van der Waals surface area contributed by atoms with Gasteiger partial charge >= 0.3 is 0 Å². The standard InChI is InChI=1S/C25H31N3O3S2/c1-3-5-18-28-24(19-32-25(28)26-21-10-12-22(13-11-21)31-4-2)20-8-14-23(15-9-20)33(29,30)27-16-6-7-17-27/h8-15,19H,3-7,16-18H2,1-2H3. The van der Waals surface area contributed by atoms with Gasteiger partial charge in [0.25, 0.3) is 0 Å². The summed E-state index contributed by atoms with van der Waals surface area (Å²) in [5.74, 6) is 0.839. The predicted octanol–water partition coefficient (Wildman–Crippen LogP) is 5.43. The number of hydrogen-bond donors (Lipinski definition) is 0. The van der Waals surface area contributed by atoms with Gasteiger partial charge < -0.3 is 9.30 Å². The molecule has 0 amide bonds. The maximum Gasteiger partial charge on any atom is 0.243 e. The van der Waals surface area contributed by atoms with E-state index in [0.717, 1.165) is 59.7 Å². The first-order valence-electron chi connectivity index (χ1n) is 11.6. The van der Waals surface area contributed by atoms with Crippen LogP contribution < -0.4 is 9.54 Å². The Morgan fingerprint density at radius 1 is 1.00 bits per heavy atom. The first-order valence-corrected chi connectivity index (χ1v) is 13.9. The number of sulfonamides is 1. The number of ether oxygens (including phenoxy) is 1. The van der Waals surface area contributed by atoms with Crippen LogP contribution >= 0.6 is 11.3 Å². The molecular weight excluding hydrogens is 454 g/mol. The van der Waals surface area contributed by atoms with E-state index >= 15 is 0 Å². The van der Waals surface area contributed by atoms with Crippen molar-refractivity contribution in [1.82, 2.24) is 8.87 Å². The van der Waals surface area contributed by atoms with Crippen molar-refractivity contribution in [1.29, 1.82) is 0 Å². The number of hydrogen-bond acceptors (Lipinski definition) is 5. The fourth-order valence-electron chi connectivity index (χ4n) is 3.95. The topological polar surface area (TPSA) is 63.9 Å². The van der Waals surface area contributed by atoms with Gasteiger partial charge in [-0.3, -0.25) is 0 Å². The molecule has 0 atom stereocenters. The second-order valence-electron chi connectivity index (χ2n) is 8.08. The molecule has 0 saturated carbocycles. The summed E-state index contributed by atoms with van der Waals surface area (Å²) in [6.45, 7) is 6.87. The average Bonchev–Trinajstić information content (AvgIpc) is 3.50. The molecule has 1 fully saturated rings. The highest BCUT2D eigenvalue weighted by Gasteiger charge is 2.27. The van der Waals surface area contributed by atoms with E-state index < -0.39 is 10.0 Å². The summed E-state index contributed by atoms with van der Waals surface area (Å²) < 4.78 is 35.1. The molecule has 0 spiro atoms. The van der Waals surface area contributed by atoms with Gasteiger partial charge in [0.2, 0.25) is 10.0 Å². The minimum atomic E-state index is -3.40. The molecule has 0 unspecified atom stereocenters. The van der Waals surface area contributed by atoms with Gasteiger partial charge in [0.1, 0.15) is 5.75 Å². The maximum absolute atomic E-state index is 12.9. The lowest BCUT2D eigenvalue weighted by Crippen LogP contribution is -2.27. The molecule has 2 aromatic carbocycles. The largest absolute Gasteiger partial charge is 0.494 e. The molecule has 176 valence electrons. The quantitative estimate of drug-likeness (QED) is 0.406. The summed E-state index contributed by atoms with van der Waals surface area (Å²) in [5.41, 5.74) is 2.93. The van der Waals surface area contributed by atoms with Gasteiger partial charge in [-0.2, -0.15) is 4.31 Å². The maximum atomic E-state index is 12.9. The Hall–Kier alpha value is -2.42. The van der Waals surface area contributed by atoms with Crippen LogP contribution in [0.2, 0.25) is 0 Å². The third kappa shape index (κ3) is 5.39. The van der Waals surface area contributed by atoms with Crippen LogP contribution in [0.3, 0.4) is 0 Å². The predicted molar refractivity (Wildman–Crippen MR) is 133 cm³/mol. The first kappa shape index (κ1) is 23.7. The Labute approximate surface area is 200 Å². The molecule has 0 bridgehead atoms. The molecule has 1 aliphatic rings. The van der Waals surface area contributed by atoms with E-state index in [1.54, 1.807) is 27.8 Å². The zero-order valence-electron chi connectivity index (χ0n) is 19.2. The van der Waals surface area contributed by atoms with E-state index in [1.807, 2.05) is 43.3 Å². The molecule has 8 heteroatoms. The summed E-state index contributed by atoms with van der Waals surface area (Å²) in [6, 6.07) is 15.1. The number of thiazole rings is 1. The number of unbranched alkanes of at least 4 members (excludes halogenated alkanes) is 1. The molecule has 1 aromatic heterocycles. The summed E-state index contributed by atoms with van der Waals surface area (Å²) in [4.78, 5) is 6.16. The van der Waals surface area contributed by atoms with E-state index in [4.69, 9.17) is 9.73 Å². The molecule has 0 N–H and O–H groups in total. The van der Waals surface area contributed by atoms with Crippen molar-refractivity contribution in [3.8, 4) is 17.0 Å². The lowest BCUT2D eigenvalue weighted by atomic mass is 10.1. The van der Waals surface area contributed by atoms with Crippen LogP contribution in [0.15, 0.2) is 63.8 Å². The van der Waals surface area contributed by atoms with Crippen LogP contribution in [0.4, 0.5) is 5.69 Å². The molecule has 1 saturated heterocycles. The molecule has 4 rings (SSSR count). The monoisotopic (exact) mass is 485 g/mol. The minimum Gasteiger partial charge on any atom is -0.494 e. The average molecular weight is 486 g/mol. The number of rotatable bonds is 9. The first-order chi connectivity index (χ1) is 16.0. The summed E-state index contributed by atoms with van der Waals surface area (Å²) in [7, 11) is -3.40. The molecule has 1 aliphatic heterocycles. The van der Waals surface area contributed by atoms with Crippen LogP contribution in [0.25, 0.3) is 11.3 Å². The second-order valence-corrected chi connectivity index (χ2v) is 10.9. The zero-order chi connectivity index (χ0) is 23.3. The van der Waals surface area contributed by atoms with Gasteiger partial charge in [-0.15, -0.1) is 11.3 Å². The lowest BCUT2D eigenvalue weighted by Gasteiger charge is -2.16. The molecular formula is C25H31N3O3S2. The Balaban J connectivity index is 1.65. The Bertz CT molecular complexity index is 1220. The Kier molecular flexibility index (Phi) is 7.67. The van der Waals surface area contributed by atoms with Crippen molar-refractivity contribution in [2.24, 2.45) is 4.99 Å². The van der Waals surface area contributed by atoms with Crippen molar-refractivity contribution in [2.45, 2.75) is 51.0 Å². The zero-order valence-corrected chi connectivity index (χ0v) is 20.9. The number of benzene rings is 2. The Morgan fingerprint density at radius 3 is 2.33 bits per heavy atom. The fraction of sp³-hybridized carbons (Fsp3) is 0.400. The van der Waals surface area contributed by atoms with E-state index in [2.05, 4.69) is 16.9 Å². The highest BCUT2D eigenvalue weighted by atomic mass is 32.2. The fourth-order valence-corrected chi connectivity index (χ4v) is 6.42. The Morgan fingerprint density at radius 2 is 1.70 bits per heavy atom. The molecule has 2 heterocycles. The SMILES string of the molecule is CCCCn1c(-c2ccc(S(=O)(=O)N3CCCC3)cc2)csc1=Nc1ccc(OCC)cc1. The second kappa shape index (κ2) is 10.7. The highest BCUT2D eigenvalue weighted by molar-refractivity contribution is 7.89. The number of aromatic nitrogens is 1. The molecule has 3 aromatic rings. The van der Waals surface area contributed by atoms with E-state index in [-0.39, 0.29) is 0 Å². The highest BCUT2D eigenvalue weighted by Crippen LogP contribution is 2.26. The van der Waals surface area contributed by atoms with Gasteiger partial charge in [-0.25, -0.2) is 13.4 Å². The summed E-state index contributed by atoms with van der Waals surface area (Å²) >= 11 is 1.60. The molecule has 0 radical (unpaired) electrons. The van der Waals surface area contributed by atoms with Crippen LogP contribution in [0, 0.1) is 0 Å². The van der Waals surface area contributed by atoms with E-state index in [1.165, 1.54) is 0 Å². The van der Waals surface area contributed by atoms with Crippen LogP contribution in [-0.4, -0.2) is 37.0 Å². The van der Waals surface area contributed by atoms with Gasteiger partial charge in [-0.05, 0) is 68.1 Å². The molecule has 33 heavy (non-hydrogen) atoms. The third-order valence-corrected chi connectivity index (χ3v) is 8.53. The summed E-state index contributed by atoms with van der Waals surface area (Å²) in [5, 5.41) is 2.10. The van der Waals surface area contributed by atoms with Crippen molar-refractivity contribution in [2.75, 3.05) is 19.7 Å². The van der Waals surface area contributed by atoms with Gasteiger partial charge in [0.05, 0.1) is 22.9 Å². The van der Waals surface area contributed by atoms with E-state index in [9.17, 15) is 8.42 Å². The normalized spacial score (nSPS) is 15.3. The molecule has 6 nitrogen and oxygen atoms in total. The summed E-state index contributed by atoms with van der Waals surface area (Å²) in [6.07, 6.45) is 3.99. The third-order valence-electron chi connectivity index (χ3n) is 5.76. The molecule has 0 aliphatic carbocycles. The van der Waals surface area contributed by atoms with Gasteiger partial charge in [0.15, 0.2) is 4.80 Å². The van der Waals surface area contributed by atoms with Gasteiger partial charge in [0, 0.05) is 25.0 Å². The van der Waals surface area contributed by atoms with Crippen molar-refractivity contribution >= 4 is 27.0 Å².